The van der Waals surface area contributed by atoms with Crippen molar-refractivity contribution in [3.63, 3.8) is 0 Å². The maximum atomic E-state index is 14.0. The normalized spacial score (nSPS) is 15.1. The van der Waals surface area contributed by atoms with Crippen LogP contribution in [-0.2, 0) is 6.54 Å². The lowest BCUT2D eigenvalue weighted by Crippen LogP contribution is -2.27. The topological polar surface area (TPSA) is 15.3 Å². The van der Waals surface area contributed by atoms with Gasteiger partial charge in [-0.05, 0) is 44.5 Å². The highest BCUT2D eigenvalue weighted by molar-refractivity contribution is 5.52. The van der Waals surface area contributed by atoms with Crippen molar-refractivity contribution < 1.29 is 8.78 Å². The second kappa shape index (κ2) is 5.00. The first kappa shape index (κ1) is 12.3. The minimum Gasteiger partial charge on any atom is -0.364 e. The average molecular weight is 240 g/mol. The van der Waals surface area contributed by atoms with E-state index in [2.05, 4.69) is 5.32 Å². The molecular weight excluding hydrogens is 222 g/mol. The van der Waals surface area contributed by atoms with E-state index in [4.69, 9.17) is 0 Å². The van der Waals surface area contributed by atoms with Crippen LogP contribution in [0.25, 0.3) is 0 Å². The van der Waals surface area contributed by atoms with Gasteiger partial charge in [0.05, 0.1) is 0 Å². The Morgan fingerprint density at radius 1 is 1.29 bits per heavy atom. The van der Waals surface area contributed by atoms with Gasteiger partial charge in [-0.25, -0.2) is 8.78 Å². The van der Waals surface area contributed by atoms with Gasteiger partial charge in [0.1, 0.15) is 17.3 Å². The van der Waals surface area contributed by atoms with Crippen molar-refractivity contribution in [2.24, 2.45) is 0 Å². The number of hydrogen-bond donors (Lipinski definition) is 1. The van der Waals surface area contributed by atoms with Gasteiger partial charge in [-0.15, -0.1) is 0 Å². The summed E-state index contributed by atoms with van der Waals surface area (Å²) in [6.45, 7) is 3.05. The zero-order valence-corrected chi connectivity index (χ0v) is 10.3. The largest absolute Gasteiger partial charge is 0.364 e. The van der Waals surface area contributed by atoms with Crippen molar-refractivity contribution in [3.05, 3.63) is 29.3 Å². The number of benzene rings is 1. The highest BCUT2D eigenvalue weighted by atomic mass is 19.1. The molecule has 4 heteroatoms. The van der Waals surface area contributed by atoms with Gasteiger partial charge in [-0.1, -0.05) is 0 Å². The Bertz CT molecular complexity index is 379. The van der Waals surface area contributed by atoms with Crippen LogP contribution in [0.5, 0.6) is 0 Å². The quantitative estimate of drug-likeness (QED) is 0.851. The maximum absolute atomic E-state index is 14.0. The average Bonchev–Trinajstić information content (AvgIpc) is 3.07. The van der Waals surface area contributed by atoms with Crippen molar-refractivity contribution in [2.75, 3.05) is 18.5 Å². The van der Waals surface area contributed by atoms with E-state index in [9.17, 15) is 8.78 Å². The van der Waals surface area contributed by atoms with Gasteiger partial charge in [0.2, 0.25) is 0 Å². The molecule has 0 heterocycles. The lowest BCUT2D eigenvalue weighted by Gasteiger charge is -2.24. The standard InChI is InChI=1S/C13H18F2N2/c1-3-17(10-4-5-10)13-11(14)6-9(8-16-2)7-12(13)15/h6-7,10,16H,3-5,8H2,1-2H3. The Labute approximate surface area is 101 Å². The summed E-state index contributed by atoms with van der Waals surface area (Å²) in [5.41, 5.74) is 0.771. The summed E-state index contributed by atoms with van der Waals surface area (Å²) in [6, 6.07) is 3.15. The minimum absolute atomic E-state index is 0.134. The highest BCUT2D eigenvalue weighted by Gasteiger charge is 2.31. The fraction of sp³-hybridized carbons (Fsp3) is 0.538. The molecule has 0 unspecified atom stereocenters. The van der Waals surface area contributed by atoms with Crippen LogP contribution in [0, 0.1) is 11.6 Å². The van der Waals surface area contributed by atoms with Crippen molar-refractivity contribution in [3.8, 4) is 0 Å². The Morgan fingerprint density at radius 3 is 2.29 bits per heavy atom. The molecule has 0 radical (unpaired) electrons. The second-order valence-electron chi connectivity index (χ2n) is 4.46. The molecule has 17 heavy (non-hydrogen) atoms. The molecule has 1 saturated carbocycles. The van der Waals surface area contributed by atoms with Gasteiger partial charge in [-0.3, -0.25) is 0 Å². The third-order valence-corrected chi connectivity index (χ3v) is 3.07. The molecule has 0 aliphatic heterocycles. The van der Waals surface area contributed by atoms with Gasteiger partial charge in [-0.2, -0.15) is 0 Å². The summed E-state index contributed by atoms with van der Waals surface area (Å²) >= 11 is 0. The SMILES string of the molecule is CCN(c1c(F)cc(CNC)cc1F)C1CC1. The van der Waals surface area contributed by atoms with Crippen LogP contribution in [0.4, 0.5) is 14.5 Å². The van der Waals surface area contributed by atoms with Gasteiger partial charge in [0.25, 0.3) is 0 Å². The molecular formula is C13H18F2N2. The Morgan fingerprint density at radius 2 is 1.88 bits per heavy atom. The summed E-state index contributed by atoms with van der Waals surface area (Å²) < 4.78 is 27.9. The Hall–Kier alpha value is -1.16. The maximum Gasteiger partial charge on any atom is 0.149 e. The molecule has 0 atom stereocenters. The van der Waals surface area contributed by atoms with Gasteiger partial charge in [0.15, 0.2) is 0 Å². The third-order valence-electron chi connectivity index (χ3n) is 3.07. The fourth-order valence-electron chi connectivity index (χ4n) is 2.18. The van der Waals surface area contributed by atoms with Crippen LogP contribution >= 0.6 is 0 Å². The molecule has 1 aromatic carbocycles. The molecule has 0 spiro atoms. The zero-order chi connectivity index (χ0) is 12.4. The molecule has 0 amide bonds. The predicted octanol–water partition coefficient (Wildman–Crippen LogP) is 2.67. The smallest absolute Gasteiger partial charge is 0.149 e. The first-order chi connectivity index (χ1) is 8.17. The monoisotopic (exact) mass is 240 g/mol. The van der Waals surface area contributed by atoms with Crippen molar-refractivity contribution in [1.29, 1.82) is 0 Å². The number of hydrogen-bond acceptors (Lipinski definition) is 2. The summed E-state index contributed by atoms with van der Waals surface area (Å²) in [4.78, 5) is 1.83. The molecule has 0 saturated heterocycles. The van der Waals surface area contributed by atoms with Crippen molar-refractivity contribution >= 4 is 5.69 Å². The van der Waals surface area contributed by atoms with Crippen LogP contribution in [0.1, 0.15) is 25.3 Å². The minimum atomic E-state index is -0.455. The lowest BCUT2D eigenvalue weighted by atomic mass is 10.1. The predicted molar refractivity (Wildman–Crippen MR) is 65.2 cm³/mol. The number of halogens is 2. The van der Waals surface area contributed by atoms with Crippen LogP contribution < -0.4 is 10.2 Å². The van der Waals surface area contributed by atoms with Crippen molar-refractivity contribution in [2.45, 2.75) is 32.4 Å². The molecule has 0 bridgehead atoms. The third kappa shape index (κ3) is 2.57. The Kier molecular flexibility index (Phi) is 3.62. The first-order valence-electron chi connectivity index (χ1n) is 6.06. The highest BCUT2D eigenvalue weighted by Crippen LogP contribution is 2.34. The summed E-state index contributed by atoms with van der Waals surface area (Å²) in [5.74, 6) is -0.909. The lowest BCUT2D eigenvalue weighted by molar-refractivity contribution is 0.566. The Balaban J connectivity index is 2.32. The van der Waals surface area contributed by atoms with E-state index in [-0.39, 0.29) is 5.69 Å². The van der Waals surface area contributed by atoms with Crippen molar-refractivity contribution in [1.82, 2.24) is 5.32 Å². The summed E-state index contributed by atoms with van der Waals surface area (Å²) in [5, 5.41) is 2.89. The molecule has 1 aliphatic rings. The zero-order valence-electron chi connectivity index (χ0n) is 10.3. The number of rotatable bonds is 5. The molecule has 94 valence electrons. The number of nitrogens with one attached hydrogen (secondary N) is 1. The van der Waals surface area contributed by atoms with Gasteiger partial charge < -0.3 is 10.2 Å². The van der Waals surface area contributed by atoms with Crippen LogP contribution in [0.2, 0.25) is 0 Å². The summed E-state index contributed by atoms with van der Waals surface area (Å²) in [7, 11) is 1.76. The van der Waals surface area contributed by atoms with E-state index in [0.29, 0.717) is 24.7 Å². The summed E-state index contributed by atoms with van der Waals surface area (Å²) in [6.07, 6.45) is 2.07. The van der Waals surface area contributed by atoms with E-state index in [1.165, 1.54) is 12.1 Å². The van der Waals surface area contributed by atoms with E-state index in [0.717, 1.165) is 12.8 Å². The number of anilines is 1. The molecule has 2 nitrogen and oxygen atoms in total. The van der Waals surface area contributed by atoms with Gasteiger partial charge in [0, 0.05) is 19.1 Å². The van der Waals surface area contributed by atoms with E-state index in [1.54, 1.807) is 7.05 Å². The number of nitrogens with zero attached hydrogens (tertiary/aromatic N) is 1. The van der Waals surface area contributed by atoms with E-state index < -0.39 is 11.6 Å². The molecule has 1 aromatic rings. The fourth-order valence-corrected chi connectivity index (χ4v) is 2.18. The molecule has 1 N–H and O–H groups in total. The second-order valence-corrected chi connectivity index (χ2v) is 4.46. The van der Waals surface area contributed by atoms with Gasteiger partial charge >= 0.3 is 0 Å². The van der Waals surface area contributed by atoms with Crippen LogP contribution in [-0.4, -0.2) is 19.6 Å². The first-order valence-corrected chi connectivity index (χ1v) is 6.06. The van der Waals surface area contributed by atoms with Crippen LogP contribution in [0.15, 0.2) is 12.1 Å². The van der Waals surface area contributed by atoms with E-state index >= 15 is 0 Å². The molecule has 0 aromatic heterocycles. The van der Waals surface area contributed by atoms with Crippen LogP contribution in [0.3, 0.4) is 0 Å². The molecule has 2 rings (SSSR count). The molecule has 1 aliphatic carbocycles. The van der Waals surface area contributed by atoms with E-state index in [1.807, 2.05) is 11.8 Å². The molecule has 1 fully saturated rings.